The Morgan fingerprint density at radius 3 is 2.09 bits per heavy atom. The molecule has 34 heavy (non-hydrogen) atoms. The second-order valence-electron chi connectivity index (χ2n) is 8.88. The monoisotopic (exact) mass is 487 g/mol. The first kappa shape index (κ1) is 27.5. The molecular formula is C26H37N3O4S. The van der Waals surface area contributed by atoms with Crippen molar-refractivity contribution in [1.29, 1.82) is 0 Å². The minimum atomic E-state index is -3.60. The van der Waals surface area contributed by atoms with Crippen LogP contribution in [0.2, 0.25) is 0 Å². The van der Waals surface area contributed by atoms with Gasteiger partial charge in [-0.3, -0.25) is 9.59 Å². The van der Waals surface area contributed by atoms with Gasteiger partial charge in [-0.25, -0.2) is 12.7 Å². The minimum absolute atomic E-state index is 0.158. The van der Waals surface area contributed by atoms with Crippen LogP contribution >= 0.6 is 0 Å². The van der Waals surface area contributed by atoms with Crippen molar-refractivity contribution in [1.82, 2.24) is 14.5 Å². The summed E-state index contributed by atoms with van der Waals surface area (Å²) < 4.78 is 26.7. The Morgan fingerprint density at radius 2 is 1.50 bits per heavy atom. The standard InChI is InChI=1S/C26H37N3O4S/c1-21(2)20-27-26(31)22(3)29(19-17-23-12-7-5-8-13-23)25(30)16-11-18-28(4)34(32,33)24-14-9-6-10-15-24/h5-10,12-15,21-22H,11,16-20H2,1-4H3,(H,27,31)/t22-/m1/s1. The Hall–Kier alpha value is -2.71. The molecule has 2 aromatic rings. The minimum Gasteiger partial charge on any atom is -0.354 e. The molecule has 0 saturated heterocycles. The summed E-state index contributed by atoms with van der Waals surface area (Å²) >= 11 is 0. The van der Waals surface area contributed by atoms with Crippen molar-refractivity contribution < 1.29 is 18.0 Å². The number of hydrogen-bond donors (Lipinski definition) is 1. The fourth-order valence-corrected chi connectivity index (χ4v) is 4.74. The summed E-state index contributed by atoms with van der Waals surface area (Å²) in [6, 6.07) is 17.5. The van der Waals surface area contributed by atoms with Crippen molar-refractivity contribution >= 4 is 21.8 Å². The van der Waals surface area contributed by atoms with Crippen LogP contribution in [0.1, 0.15) is 39.2 Å². The summed E-state index contributed by atoms with van der Waals surface area (Å²) in [5, 5.41) is 2.91. The number of sulfonamides is 1. The third kappa shape index (κ3) is 8.25. The van der Waals surface area contributed by atoms with Crippen LogP contribution in [-0.2, 0) is 26.0 Å². The number of hydrogen-bond acceptors (Lipinski definition) is 4. The van der Waals surface area contributed by atoms with Crippen molar-refractivity contribution in [3.63, 3.8) is 0 Å². The fourth-order valence-electron chi connectivity index (χ4n) is 3.51. The van der Waals surface area contributed by atoms with Gasteiger partial charge in [-0.15, -0.1) is 0 Å². The molecule has 2 aromatic carbocycles. The van der Waals surface area contributed by atoms with E-state index in [9.17, 15) is 18.0 Å². The highest BCUT2D eigenvalue weighted by atomic mass is 32.2. The van der Waals surface area contributed by atoms with E-state index < -0.39 is 16.1 Å². The van der Waals surface area contributed by atoms with Gasteiger partial charge in [-0.1, -0.05) is 62.4 Å². The number of rotatable bonds is 13. The molecule has 0 radical (unpaired) electrons. The lowest BCUT2D eigenvalue weighted by Crippen LogP contribution is -2.49. The van der Waals surface area contributed by atoms with Crippen LogP contribution in [0.3, 0.4) is 0 Å². The summed E-state index contributed by atoms with van der Waals surface area (Å²) in [5.74, 6) is -0.0285. The molecule has 0 aromatic heterocycles. The molecule has 0 aliphatic carbocycles. The number of nitrogens with one attached hydrogen (secondary N) is 1. The highest BCUT2D eigenvalue weighted by molar-refractivity contribution is 7.89. The lowest BCUT2D eigenvalue weighted by atomic mass is 10.1. The molecule has 0 aliphatic heterocycles. The van der Waals surface area contributed by atoms with Gasteiger partial charge in [-0.2, -0.15) is 0 Å². The number of carbonyl (C=O) groups excluding carboxylic acids is 2. The normalized spacial score (nSPS) is 12.5. The molecule has 0 heterocycles. The second-order valence-corrected chi connectivity index (χ2v) is 10.9. The summed E-state index contributed by atoms with van der Waals surface area (Å²) in [4.78, 5) is 27.6. The van der Waals surface area contributed by atoms with Gasteiger partial charge in [0.2, 0.25) is 21.8 Å². The Kier molecular flexibility index (Phi) is 10.7. The summed E-state index contributed by atoms with van der Waals surface area (Å²) in [7, 11) is -2.09. The lowest BCUT2D eigenvalue weighted by molar-refractivity contribution is -0.140. The Balaban J connectivity index is 2.01. The van der Waals surface area contributed by atoms with Crippen molar-refractivity contribution in [2.75, 3.05) is 26.7 Å². The lowest BCUT2D eigenvalue weighted by Gasteiger charge is -2.29. The first-order chi connectivity index (χ1) is 16.1. The maximum absolute atomic E-state index is 13.1. The van der Waals surface area contributed by atoms with Crippen LogP contribution in [0.5, 0.6) is 0 Å². The van der Waals surface area contributed by atoms with Crippen LogP contribution in [-0.4, -0.2) is 62.2 Å². The molecule has 2 amide bonds. The van der Waals surface area contributed by atoms with E-state index in [4.69, 9.17) is 0 Å². The van der Waals surface area contributed by atoms with Crippen molar-refractivity contribution in [3.05, 3.63) is 66.2 Å². The SMILES string of the molecule is CC(C)CNC(=O)[C@@H](C)N(CCc1ccccc1)C(=O)CCCN(C)S(=O)(=O)c1ccccc1. The van der Waals surface area contributed by atoms with E-state index in [1.165, 1.54) is 11.4 Å². The quantitative estimate of drug-likeness (QED) is 0.470. The predicted octanol–water partition coefficient (Wildman–Crippen LogP) is 3.32. The second kappa shape index (κ2) is 13.2. The van der Waals surface area contributed by atoms with Gasteiger partial charge in [0, 0.05) is 33.1 Å². The molecule has 0 unspecified atom stereocenters. The molecule has 186 valence electrons. The Labute approximate surface area is 204 Å². The summed E-state index contributed by atoms with van der Waals surface area (Å²) in [6.07, 6.45) is 1.16. The van der Waals surface area contributed by atoms with Crippen LogP contribution in [0.25, 0.3) is 0 Å². The first-order valence-electron chi connectivity index (χ1n) is 11.8. The zero-order valence-corrected chi connectivity index (χ0v) is 21.4. The van der Waals surface area contributed by atoms with E-state index in [1.54, 1.807) is 42.2 Å². The number of nitrogens with zero attached hydrogens (tertiary/aromatic N) is 2. The van der Waals surface area contributed by atoms with Crippen molar-refractivity contribution in [2.24, 2.45) is 5.92 Å². The summed E-state index contributed by atoms with van der Waals surface area (Å²) in [5.41, 5.74) is 1.09. The van der Waals surface area contributed by atoms with Crippen LogP contribution in [0.15, 0.2) is 65.6 Å². The predicted molar refractivity (Wildman–Crippen MR) is 135 cm³/mol. The molecular weight excluding hydrogens is 450 g/mol. The fraction of sp³-hybridized carbons (Fsp3) is 0.462. The largest absolute Gasteiger partial charge is 0.354 e. The van der Waals surface area contributed by atoms with Gasteiger partial charge >= 0.3 is 0 Å². The van der Waals surface area contributed by atoms with E-state index in [2.05, 4.69) is 5.32 Å². The topological polar surface area (TPSA) is 86.8 Å². The number of carbonyl (C=O) groups is 2. The third-order valence-corrected chi connectivity index (χ3v) is 7.52. The molecule has 1 atom stereocenters. The number of amides is 2. The molecule has 1 N–H and O–H groups in total. The molecule has 2 rings (SSSR count). The van der Waals surface area contributed by atoms with Crippen LogP contribution in [0.4, 0.5) is 0 Å². The van der Waals surface area contributed by atoms with E-state index in [1.807, 2.05) is 44.2 Å². The summed E-state index contributed by atoms with van der Waals surface area (Å²) in [6.45, 7) is 6.95. The smallest absolute Gasteiger partial charge is 0.242 e. The van der Waals surface area contributed by atoms with E-state index in [0.29, 0.717) is 31.8 Å². The van der Waals surface area contributed by atoms with Gasteiger partial charge in [0.05, 0.1) is 4.90 Å². The molecule has 0 aliphatic rings. The van der Waals surface area contributed by atoms with Crippen LogP contribution < -0.4 is 5.32 Å². The van der Waals surface area contributed by atoms with E-state index in [0.717, 1.165) is 5.56 Å². The average Bonchev–Trinajstić information content (AvgIpc) is 2.83. The molecule has 0 fully saturated rings. The number of benzene rings is 2. The van der Waals surface area contributed by atoms with Gasteiger partial charge in [-0.05, 0) is 43.4 Å². The third-order valence-electron chi connectivity index (χ3n) is 5.65. The van der Waals surface area contributed by atoms with Gasteiger partial charge in [0.15, 0.2) is 0 Å². The molecule has 0 saturated carbocycles. The van der Waals surface area contributed by atoms with Crippen molar-refractivity contribution in [2.45, 2.75) is 51.0 Å². The molecule has 0 bridgehead atoms. The average molecular weight is 488 g/mol. The zero-order valence-electron chi connectivity index (χ0n) is 20.6. The molecule has 8 heteroatoms. The highest BCUT2D eigenvalue weighted by Crippen LogP contribution is 2.15. The zero-order chi connectivity index (χ0) is 25.1. The van der Waals surface area contributed by atoms with Gasteiger partial charge in [0.1, 0.15) is 6.04 Å². The van der Waals surface area contributed by atoms with Gasteiger partial charge < -0.3 is 10.2 Å². The first-order valence-corrected chi connectivity index (χ1v) is 13.2. The van der Waals surface area contributed by atoms with E-state index in [-0.39, 0.29) is 29.7 Å². The van der Waals surface area contributed by atoms with Gasteiger partial charge in [0.25, 0.3) is 0 Å². The highest BCUT2D eigenvalue weighted by Gasteiger charge is 2.26. The Bertz CT molecular complexity index is 1010. The maximum atomic E-state index is 13.1. The van der Waals surface area contributed by atoms with Crippen LogP contribution in [0, 0.1) is 5.92 Å². The molecule has 7 nitrogen and oxygen atoms in total. The molecule has 0 spiro atoms. The van der Waals surface area contributed by atoms with Crippen molar-refractivity contribution in [3.8, 4) is 0 Å². The Morgan fingerprint density at radius 1 is 0.912 bits per heavy atom. The van der Waals surface area contributed by atoms with E-state index >= 15 is 0 Å². The maximum Gasteiger partial charge on any atom is 0.242 e.